The molecule has 0 aliphatic rings. The number of benzene rings is 1. The Morgan fingerprint density at radius 2 is 1.53 bits per heavy atom. The van der Waals surface area contributed by atoms with Gasteiger partial charge in [-0.1, -0.05) is 38.1 Å². The largest absolute Gasteiger partial charge is 0.618 e. The Morgan fingerprint density at radius 1 is 0.941 bits per heavy atom. The van der Waals surface area contributed by atoms with Crippen molar-refractivity contribution in [3.05, 3.63) is 59.1 Å². The topological polar surface area (TPSA) is 26.9 Å². The minimum absolute atomic E-state index is 0.534. The molecule has 88 valence electrons. The smallest absolute Gasteiger partial charge is 0.189 e. The van der Waals surface area contributed by atoms with Crippen molar-refractivity contribution in [1.29, 1.82) is 0 Å². The van der Waals surface area contributed by atoms with E-state index in [2.05, 4.69) is 38.1 Å². The van der Waals surface area contributed by atoms with Gasteiger partial charge in [0.15, 0.2) is 11.9 Å². The summed E-state index contributed by atoms with van der Waals surface area (Å²) in [5.41, 5.74) is 4.07. The maximum Gasteiger partial charge on any atom is 0.189 e. The number of nitrogens with zero attached hydrogens (tertiary/aromatic N) is 1. The first-order valence-electron chi connectivity index (χ1n) is 5.88. The van der Waals surface area contributed by atoms with Gasteiger partial charge in [0, 0.05) is 18.6 Å². The number of aryl methyl sites for hydroxylation is 1. The molecule has 0 saturated heterocycles. The zero-order valence-corrected chi connectivity index (χ0v) is 10.5. The highest BCUT2D eigenvalue weighted by molar-refractivity contribution is 5.62. The van der Waals surface area contributed by atoms with Crippen LogP contribution in [0.25, 0.3) is 11.1 Å². The van der Waals surface area contributed by atoms with Crippen LogP contribution in [0.4, 0.5) is 0 Å². The second kappa shape index (κ2) is 4.58. The fourth-order valence-corrected chi connectivity index (χ4v) is 1.79. The van der Waals surface area contributed by atoms with E-state index in [1.54, 1.807) is 13.1 Å². The van der Waals surface area contributed by atoms with Gasteiger partial charge >= 0.3 is 0 Å². The monoisotopic (exact) mass is 227 g/mol. The Morgan fingerprint density at radius 3 is 2.06 bits per heavy atom. The van der Waals surface area contributed by atoms with E-state index < -0.39 is 0 Å². The highest BCUT2D eigenvalue weighted by atomic mass is 16.5. The van der Waals surface area contributed by atoms with E-state index in [-0.39, 0.29) is 0 Å². The van der Waals surface area contributed by atoms with Crippen LogP contribution in [0.5, 0.6) is 0 Å². The summed E-state index contributed by atoms with van der Waals surface area (Å²) in [7, 11) is 0. The van der Waals surface area contributed by atoms with Gasteiger partial charge in [-0.05, 0) is 23.1 Å². The van der Waals surface area contributed by atoms with Crippen molar-refractivity contribution in [2.75, 3.05) is 0 Å². The highest BCUT2D eigenvalue weighted by Gasteiger charge is 2.05. The molecule has 2 heteroatoms. The highest BCUT2D eigenvalue weighted by Crippen LogP contribution is 2.21. The Balaban J connectivity index is 2.36. The van der Waals surface area contributed by atoms with Gasteiger partial charge in [-0.15, -0.1) is 0 Å². The molecule has 0 N–H and O–H groups in total. The molecule has 0 saturated carbocycles. The average Bonchev–Trinajstić information content (AvgIpc) is 2.33. The van der Waals surface area contributed by atoms with E-state index in [9.17, 15) is 5.21 Å². The van der Waals surface area contributed by atoms with Gasteiger partial charge in [0.2, 0.25) is 0 Å². The summed E-state index contributed by atoms with van der Waals surface area (Å²) >= 11 is 0. The Hall–Kier alpha value is -1.83. The molecule has 0 aliphatic heterocycles. The first-order valence-corrected chi connectivity index (χ1v) is 5.88. The fourth-order valence-electron chi connectivity index (χ4n) is 1.79. The van der Waals surface area contributed by atoms with Gasteiger partial charge in [0.05, 0.1) is 0 Å². The van der Waals surface area contributed by atoms with E-state index in [4.69, 9.17) is 0 Å². The lowest BCUT2D eigenvalue weighted by atomic mass is 9.99. The summed E-state index contributed by atoms with van der Waals surface area (Å²) in [6, 6.07) is 12.2. The van der Waals surface area contributed by atoms with E-state index >= 15 is 0 Å². The lowest BCUT2D eigenvalue weighted by Gasteiger charge is -2.07. The van der Waals surface area contributed by atoms with E-state index in [0.717, 1.165) is 15.9 Å². The third-order valence-electron chi connectivity index (χ3n) is 3.02. The average molecular weight is 227 g/mol. The summed E-state index contributed by atoms with van der Waals surface area (Å²) in [5, 5.41) is 11.5. The zero-order chi connectivity index (χ0) is 12.4. The van der Waals surface area contributed by atoms with Gasteiger partial charge in [-0.25, -0.2) is 0 Å². The number of hydrogen-bond donors (Lipinski definition) is 0. The minimum Gasteiger partial charge on any atom is -0.618 e. The van der Waals surface area contributed by atoms with E-state index in [1.807, 2.05) is 12.1 Å². The molecule has 1 aromatic carbocycles. The maximum atomic E-state index is 11.5. The van der Waals surface area contributed by atoms with Crippen molar-refractivity contribution in [1.82, 2.24) is 0 Å². The van der Waals surface area contributed by atoms with Gasteiger partial charge in [0.25, 0.3) is 0 Å². The van der Waals surface area contributed by atoms with Crippen LogP contribution in [-0.2, 0) is 0 Å². The van der Waals surface area contributed by atoms with Crippen molar-refractivity contribution in [3.8, 4) is 11.1 Å². The fraction of sp³-hybridized carbons (Fsp3) is 0.267. The predicted octanol–water partition coefficient (Wildman–Crippen LogP) is 3.42. The molecule has 2 rings (SSSR count). The molecule has 0 atom stereocenters. The second-order valence-corrected chi connectivity index (χ2v) is 4.66. The van der Waals surface area contributed by atoms with Crippen LogP contribution in [0.15, 0.2) is 42.6 Å². The maximum absolute atomic E-state index is 11.5. The lowest BCUT2D eigenvalue weighted by molar-refractivity contribution is -0.611. The van der Waals surface area contributed by atoms with Crippen LogP contribution in [0.1, 0.15) is 31.0 Å². The molecule has 1 heterocycles. The van der Waals surface area contributed by atoms with E-state index in [1.165, 1.54) is 5.56 Å². The van der Waals surface area contributed by atoms with Crippen molar-refractivity contribution in [2.24, 2.45) is 0 Å². The standard InChI is InChI=1S/C15H17NO/c1-11(2)13-6-8-14(9-7-13)15-5-4-12(3)16(17)10-15/h4-11H,1-3H3. The van der Waals surface area contributed by atoms with Crippen molar-refractivity contribution in [2.45, 2.75) is 26.7 Å². The Bertz CT molecular complexity index is 515. The molecular formula is C15H17NO. The molecule has 0 radical (unpaired) electrons. The van der Waals surface area contributed by atoms with Crippen molar-refractivity contribution in [3.63, 3.8) is 0 Å². The SMILES string of the molecule is Cc1ccc(-c2ccc(C(C)C)cc2)c[n+]1[O-]. The second-order valence-electron chi connectivity index (χ2n) is 4.66. The predicted molar refractivity (Wildman–Crippen MR) is 69.7 cm³/mol. The quantitative estimate of drug-likeness (QED) is 0.570. The van der Waals surface area contributed by atoms with Crippen LogP contribution in [-0.4, -0.2) is 0 Å². The number of pyridine rings is 1. The number of aromatic nitrogens is 1. The molecule has 0 fully saturated rings. The first kappa shape index (κ1) is 11.6. The molecule has 0 amide bonds. The van der Waals surface area contributed by atoms with Crippen LogP contribution in [0, 0.1) is 12.1 Å². The molecule has 0 unspecified atom stereocenters. The molecule has 17 heavy (non-hydrogen) atoms. The third kappa shape index (κ3) is 2.47. The lowest BCUT2D eigenvalue weighted by Crippen LogP contribution is -2.29. The third-order valence-corrected chi connectivity index (χ3v) is 3.02. The molecule has 2 aromatic rings. The molecule has 2 nitrogen and oxygen atoms in total. The summed E-state index contributed by atoms with van der Waals surface area (Å²) in [4.78, 5) is 0. The van der Waals surface area contributed by atoms with Crippen LogP contribution < -0.4 is 4.73 Å². The molecule has 1 aromatic heterocycles. The molecule has 0 spiro atoms. The molecule has 0 aliphatic carbocycles. The summed E-state index contributed by atoms with van der Waals surface area (Å²) in [5.74, 6) is 0.534. The zero-order valence-electron chi connectivity index (χ0n) is 10.5. The van der Waals surface area contributed by atoms with E-state index in [0.29, 0.717) is 11.6 Å². The minimum atomic E-state index is 0.534. The number of hydrogen-bond acceptors (Lipinski definition) is 1. The van der Waals surface area contributed by atoms with Gasteiger partial charge in [-0.3, -0.25) is 0 Å². The van der Waals surface area contributed by atoms with Crippen LogP contribution in [0.2, 0.25) is 0 Å². The normalized spacial score (nSPS) is 10.8. The summed E-state index contributed by atoms with van der Waals surface area (Å²) in [6.07, 6.45) is 1.62. The Labute approximate surface area is 102 Å². The summed E-state index contributed by atoms with van der Waals surface area (Å²) in [6.45, 7) is 6.15. The van der Waals surface area contributed by atoms with Crippen LogP contribution in [0.3, 0.4) is 0 Å². The van der Waals surface area contributed by atoms with Crippen molar-refractivity contribution >= 4 is 0 Å². The van der Waals surface area contributed by atoms with Gasteiger partial charge in [0.1, 0.15) is 0 Å². The Kier molecular flexibility index (Phi) is 3.14. The summed E-state index contributed by atoms with van der Waals surface area (Å²) < 4.78 is 0.908. The van der Waals surface area contributed by atoms with Gasteiger partial charge in [-0.2, -0.15) is 4.73 Å². The van der Waals surface area contributed by atoms with Crippen LogP contribution >= 0.6 is 0 Å². The number of rotatable bonds is 2. The van der Waals surface area contributed by atoms with Gasteiger partial charge < -0.3 is 5.21 Å². The van der Waals surface area contributed by atoms with Crippen molar-refractivity contribution < 1.29 is 4.73 Å². The molecular weight excluding hydrogens is 210 g/mol. The first-order chi connectivity index (χ1) is 8.08. The molecule has 0 bridgehead atoms.